The maximum Gasteiger partial charge on any atom is 0.408 e. The van der Waals surface area contributed by atoms with E-state index in [0.29, 0.717) is 11.3 Å². The Bertz CT molecular complexity index is 823. The first-order valence-electron chi connectivity index (χ1n) is 7.70. The van der Waals surface area contributed by atoms with Crippen LogP contribution in [-0.4, -0.2) is 32.9 Å². The number of furan rings is 1. The van der Waals surface area contributed by atoms with Crippen molar-refractivity contribution in [2.45, 2.75) is 46.0 Å². The number of carbonyl (C=O) groups excluding carboxylic acids is 1. The molecule has 10 heteroatoms. The first kappa shape index (κ1) is 19.5. The molecular weight excluding hydrogens is 355 g/mol. The van der Waals surface area contributed by atoms with Gasteiger partial charge < -0.3 is 14.8 Å². The molecule has 2 heterocycles. The van der Waals surface area contributed by atoms with Crippen LogP contribution in [0.2, 0.25) is 0 Å². The molecular formula is C16H18F3N3O4. The Morgan fingerprint density at radius 3 is 2.54 bits per heavy atom. The molecule has 2 rings (SSSR count). The van der Waals surface area contributed by atoms with Crippen LogP contribution in [0.1, 0.15) is 46.1 Å². The van der Waals surface area contributed by atoms with Crippen molar-refractivity contribution in [3.05, 3.63) is 40.6 Å². The van der Waals surface area contributed by atoms with Crippen LogP contribution < -0.4 is 5.32 Å². The number of carbonyl (C=O) groups is 2. The van der Waals surface area contributed by atoms with Crippen LogP contribution in [0.3, 0.4) is 0 Å². The molecule has 2 aromatic rings. The minimum absolute atomic E-state index is 0.0365. The van der Waals surface area contributed by atoms with E-state index in [1.165, 1.54) is 19.1 Å². The zero-order chi connectivity index (χ0) is 19.6. The van der Waals surface area contributed by atoms with E-state index in [2.05, 4.69) is 10.4 Å². The minimum Gasteiger partial charge on any atom is -0.475 e. The number of nitrogens with one attached hydrogen (secondary N) is 1. The molecule has 0 aliphatic heterocycles. The molecule has 0 aromatic carbocycles. The van der Waals surface area contributed by atoms with E-state index in [0.717, 1.165) is 4.68 Å². The fourth-order valence-electron chi connectivity index (χ4n) is 2.71. The smallest absolute Gasteiger partial charge is 0.408 e. The van der Waals surface area contributed by atoms with Crippen LogP contribution in [-0.2, 0) is 17.9 Å². The number of hydrogen-bond acceptors (Lipinski definition) is 4. The lowest BCUT2D eigenvalue weighted by molar-refractivity contribution is -0.143. The van der Waals surface area contributed by atoms with Crippen LogP contribution in [0.5, 0.6) is 0 Å². The zero-order valence-corrected chi connectivity index (χ0v) is 14.3. The van der Waals surface area contributed by atoms with Crippen molar-refractivity contribution in [3.8, 4) is 0 Å². The molecule has 0 fully saturated rings. The molecule has 0 radical (unpaired) electrons. The molecule has 1 unspecified atom stereocenters. The summed E-state index contributed by atoms with van der Waals surface area (Å²) in [6, 6.07) is 2.69. The fraction of sp³-hybridized carbons (Fsp3) is 0.438. The van der Waals surface area contributed by atoms with E-state index >= 15 is 0 Å². The van der Waals surface area contributed by atoms with Crippen molar-refractivity contribution in [2.75, 3.05) is 0 Å². The van der Waals surface area contributed by atoms with E-state index in [1.807, 2.05) is 0 Å². The number of carboxylic acids is 1. The van der Waals surface area contributed by atoms with Gasteiger partial charge in [0.1, 0.15) is 12.3 Å². The van der Waals surface area contributed by atoms with Crippen molar-refractivity contribution < 1.29 is 32.3 Å². The normalized spacial score (nSPS) is 12.8. The highest BCUT2D eigenvalue weighted by Crippen LogP contribution is 2.26. The third-order valence-electron chi connectivity index (χ3n) is 3.90. The Morgan fingerprint density at radius 1 is 1.35 bits per heavy atom. The second-order valence-corrected chi connectivity index (χ2v) is 5.87. The van der Waals surface area contributed by atoms with Crippen molar-refractivity contribution in [2.24, 2.45) is 0 Å². The maximum atomic E-state index is 12.6. The van der Waals surface area contributed by atoms with Crippen LogP contribution in [0.15, 0.2) is 16.5 Å². The Hall–Kier alpha value is -2.78. The van der Waals surface area contributed by atoms with E-state index in [9.17, 15) is 22.8 Å². The van der Waals surface area contributed by atoms with Gasteiger partial charge in [0, 0.05) is 11.3 Å². The molecule has 0 aliphatic carbocycles. The highest BCUT2D eigenvalue weighted by molar-refractivity contribution is 5.85. The number of carboxylic acid groups (broad SMARTS) is 1. The van der Waals surface area contributed by atoms with Crippen molar-refractivity contribution in [1.82, 2.24) is 15.1 Å². The third-order valence-corrected chi connectivity index (χ3v) is 3.90. The largest absolute Gasteiger partial charge is 0.475 e. The van der Waals surface area contributed by atoms with Gasteiger partial charge in [-0.1, -0.05) is 0 Å². The maximum absolute atomic E-state index is 12.6. The summed E-state index contributed by atoms with van der Waals surface area (Å²) in [6.45, 7) is 3.33. The molecule has 0 saturated carbocycles. The average Bonchev–Trinajstić information content (AvgIpc) is 3.08. The number of halogens is 3. The van der Waals surface area contributed by atoms with Crippen molar-refractivity contribution in [3.63, 3.8) is 0 Å². The predicted octanol–water partition coefficient (Wildman–Crippen LogP) is 2.77. The zero-order valence-electron chi connectivity index (χ0n) is 14.3. The van der Waals surface area contributed by atoms with E-state index < -0.39 is 30.5 Å². The van der Waals surface area contributed by atoms with Gasteiger partial charge in [0.05, 0.1) is 18.2 Å². The number of aromatic nitrogens is 2. The SMILES string of the molecule is Cc1nn(CC(F)(F)F)c(C)c1C(C)C(=O)NCc1ccc(C(=O)O)o1. The van der Waals surface area contributed by atoms with Gasteiger partial charge in [0.2, 0.25) is 11.7 Å². The lowest BCUT2D eigenvalue weighted by Gasteiger charge is -2.13. The lowest BCUT2D eigenvalue weighted by atomic mass is 9.98. The van der Waals surface area contributed by atoms with Crippen LogP contribution in [0.25, 0.3) is 0 Å². The second kappa shape index (κ2) is 7.22. The monoisotopic (exact) mass is 373 g/mol. The summed E-state index contributed by atoms with van der Waals surface area (Å²) in [5, 5.41) is 15.2. The number of hydrogen-bond donors (Lipinski definition) is 2. The summed E-state index contributed by atoms with van der Waals surface area (Å²) in [5.41, 5.74) is 1.05. The van der Waals surface area contributed by atoms with Gasteiger partial charge >= 0.3 is 12.1 Å². The van der Waals surface area contributed by atoms with Crippen LogP contribution in [0, 0.1) is 13.8 Å². The summed E-state index contributed by atoms with van der Waals surface area (Å²) in [4.78, 5) is 23.1. The molecule has 2 N–H and O–H groups in total. The number of rotatable bonds is 6. The number of amides is 1. The van der Waals surface area contributed by atoms with Gasteiger partial charge in [0.15, 0.2) is 0 Å². The number of alkyl halides is 3. The summed E-state index contributed by atoms with van der Waals surface area (Å²) in [6.07, 6.45) is -4.41. The Balaban J connectivity index is 2.08. The molecule has 0 saturated heterocycles. The number of nitrogens with zero attached hydrogens (tertiary/aromatic N) is 2. The molecule has 1 amide bonds. The first-order chi connectivity index (χ1) is 12.0. The van der Waals surface area contributed by atoms with Crippen LogP contribution in [0.4, 0.5) is 13.2 Å². The van der Waals surface area contributed by atoms with E-state index in [-0.39, 0.29) is 23.8 Å². The summed E-state index contributed by atoms with van der Waals surface area (Å²) in [5.74, 6) is -2.38. The molecule has 0 bridgehead atoms. The van der Waals surface area contributed by atoms with E-state index in [1.54, 1.807) is 13.8 Å². The van der Waals surface area contributed by atoms with Gasteiger partial charge in [-0.25, -0.2) is 4.79 Å². The third kappa shape index (κ3) is 4.44. The van der Waals surface area contributed by atoms with Crippen molar-refractivity contribution in [1.29, 1.82) is 0 Å². The van der Waals surface area contributed by atoms with Crippen molar-refractivity contribution >= 4 is 11.9 Å². The average molecular weight is 373 g/mol. The number of aryl methyl sites for hydroxylation is 1. The van der Waals surface area contributed by atoms with Gasteiger partial charge in [-0.15, -0.1) is 0 Å². The van der Waals surface area contributed by atoms with Gasteiger partial charge in [-0.05, 0) is 32.9 Å². The van der Waals surface area contributed by atoms with Gasteiger partial charge in [-0.2, -0.15) is 18.3 Å². The standard InChI is InChI=1S/C16H18F3N3O4/c1-8(13-9(2)21-22(10(13)3)7-16(17,18)19)14(23)20-6-11-4-5-12(26-11)15(24)25/h4-5,8H,6-7H2,1-3H3,(H,20,23)(H,24,25). The highest BCUT2D eigenvalue weighted by atomic mass is 19.4. The molecule has 0 spiro atoms. The summed E-state index contributed by atoms with van der Waals surface area (Å²) in [7, 11) is 0. The van der Waals surface area contributed by atoms with Gasteiger partial charge in [-0.3, -0.25) is 9.48 Å². The fourth-order valence-corrected chi connectivity index (χ4v) is 2.71. The summed E-state index contributed by atoms with van der Waals surface area (Å²) >= 11 is 0. The lowest BCUT2D eigenvalue weighted by Crippen LogP contribution is -2.28. The molecule has 7 nitrogen and oxygen atoms in total. The minimum atomic E-state index is -4.41. The Morgan fingerprint density at radius 2 is 2.00 bits per heavy atom. The Labute approximate surface area is 146 Å². The first-order valence-corrected chi connectivity index (χ1v) is 7.70. The molecule has 142 valence electrons. The highest BCUT2D eigenvalue weighted by Gasteiger charge is 2.31. The molecule has 26 heavy (non-hydrogen) atoms. The number of aromatic carboxylic acids is 1. The van der Waals surface area contributed by atoms with E-state index in [4.69, 9.17) is 9.52 Å². The van der Waals surface area contributed by atoms with Gasteiger partial charge in [0.25, 0.3) is 0 Å². The topological polar surface area (TPSA) is 97.4 Å². The van der Waals surface area contributed by atoms with Crippen LogP contribution >= 0.6 is 0 Å². The molecule has 2 aromatic heterocycles. The second-order valence-electron chi connectivity index (χ2n) is 5.87. The Kier molecular flexibility index (Phi) is 5.43. The molecule has 1 atom stereocenters. The quantitative estimate of drug-likeness (QED) is 0.812. The summed E-state index contributed by atoms with van der Waals surface area (Å²) < 4.78 is 43.7. The molecule has 0 aliphatic rings. The predicted molar refractivity (Wildman–Crippen MR) is 83.7 cm³/mol.